The standard InChI is InChI=1S/C32H31F4N7O3/c1-2-40-30(45)46-28(37)20-5-3-7-23(15-20)43-26(17-27(42-43)32(34,35)36)29(44)41-25-16-21(10-11-24(25)33)31(38,13-12-19-8-9-19)22-6-4-14-39-18-22/h3-7,10-11,14-19,37H,2,8-9,12-13,38H2,1H3,(H,40,45)(H,41,44). The Labute approximate surface area is 261 Å². The predicted molar refractivity (Wildman–Crippen MR) is 161 cm³/mol. The molecule has 4 aromatic rings. The Morgan fingerprint density at radius 1 is 1.09 bits per heavy atom. The number of anilines is 1. The number of benzene rings is 2. The quantitative estimate of drug-likeness (QED) is 0.0933. The van der Waals surface area contributed by atoms with Gasteiger partial charge >= 0.3 is 12.3 Å². The lowest BCUT2D eigenvalue weighted by Gasteiger charge is -2.31. The van der Waals surface area contributed by atoms with Crippen LogP contribution in [-0.2, 0) is 16.5 Å². The first-order valence-corrected chi connectivity index (χ1v) is 14.5. The molecule has 0 aliphatic heterocycles. The van der Waals surface area contributed by atoms with E-state index >= 15 is 4.39 Å². The summed E-state index contributed by atoms with van der Waals surface area (Å²) in [4.78, 5) is 29.5. The third-order valence-corrected chi connectivity index (χ3v) is 7.65. The minimum Gasteiger partial charge on any atom is -0.391 e. The van der Waals surface area contributed by atoms with Crippen molar-refractivity contribution in [3.05, 3.63) is 107 Å². The highest BCUT2D eigenvalue weighted by atomic mass is 19.4. The van der Waals surface area contributed by atoms with Crippen molar-refractivity contribution in [1.82, 2.24) is 20.1 Å². The topological polar surface area (TPSA) is 148 Å². The van der Waals surface area contributed by atoms with Crippen molar-refractivity contribution in [1.29, 1.82) is 5.41 Å². The molecule has 0 radical (unpaired) electrons. The van der Waals surface area contributed by atoms with Crippen LogP contribution in [0.1, 0.15) is 65.5 Å². The Kier molecular flexibility index (Phi) is 9.19. The smallest absolute Gasteiger partial charge is 0.391 e. The van der Waals surface area contributed by atoms with Crippen LogP contribution >= 0.6 is 0 Å². The SMILES string of the molecule is CCNC(=O)OC(=N)c1cccc(-n2nc(C(F)(F)F)cc2C(=O)Nc2cc(C(N)(CCC3CC3)c3cccnc3)ccc2F)c1. The summed E-state index contributed by atoms with van der Waals surface area (Å²) < 4.78 is 62.1. The average Bonchev–Trinajstić information content (AvgIpc) is 3.75. The van der Waals surface area contributed by atoms with Gasteiger partial charge in [-0.05, 0) is 73.2 Å². The summed E-state index contributed by atoms with van der Waals surface area (Å²) in [6.45, 7) is 1.90. The maximum absolute atomic E-state index is 15.1. The van der Waals surface area contributed by atoms with E-state index in [1.807, 2.05) is 6.07 Å². The molecule has 5 N–H and O–H groups in total. The molecule has 0 spiro atoms. The van der Waals surface area contributed by atoms with Gasteiger partial charge in [0.05, 0.1) is 16.9 Å². The van der Waals surface area contributed by atoms with E-state index in [9.17, 15) is 22.8 Å². The molecular weight excluding hydrogens is 606 g/mol. The fraction of sp³-hybridized carbons (Fsp3) is 0.281. The summed E-state index contributed by atoms with van der Waals surface area (Å²) in [5.74, 6) is -1.95. The van der Waals surface area contributed by atoms with Crippen LogP contribution < -0.4 is 16.4 Å². The van der Waals surface area contributed by atoms with E-state index in [0.29, 0.717) is 29.5 Å². The lowest BCUT2D eigenvalue weighted by atomic mass is 9.80. The van der Waals surface area contributed by atoms with Crippen LogP contribution in [-0.4, -0.2) is 39.2 Å². The molecule has 10 nitrogen and oxygen atoms in total. The number of nitrogens with zero attached hydrogens (tertiary/aromatic N) is 3. The van der Waals surface area contributed by atoms with Gasteiger partial charge in [0, 0.05) is 30.6 Å². The van der Waals surface area contributed by atoms with E-state index in [4.69, 9.17) is 15.9 Å². The Morgan fingerprint density at radius 2 is 1.87 bits per heavy atom. The lowest BCUT2D eigenvalue weighted by molar-refractivity contribution is -0.141. The Morgan fingerprint density at radius 3 is 2.54 bits per heavy atom. The van der Waals surface area contributed by atoms with Crippen molar-refractivity contribution in [3.63, 3.8) is 0 Å². The van der Waals surface area contributed by atoms with E-state index in [1.54, 1.807) is 25.4 Å². The summed E-state index contributed by atoms with van der Waals surface area (Å²) in [5, 5.41) is 16.4. The summed E-state index contributed by atoms with van der Waals surface area (Å²) in [6.07, 6.45) is 0.988. The fourth-order valence-electron chi connectivity index (χ4n) is 4.99. The summed E-state index contributed by atoms with van der Waals surface area (Å²) >= 11 is 0. The largest absolute Gasteiger partial charge is 0.435 e. The van der Waals surface area contributed by atoms with Crippen LogP contribution in [0.15, 0.2) is 73.1 Å². The number of nitrogens with one attached hydrogen (secondary N) is 3. The zero-order valence-electron chi connectivity index (χ0n) is 24.7. The first-order chi connectivity index (χ1) is 21.9. The van der Waals surface area contributed by atoms with Crippen LogP contribution in [0.3, 0.4) is 0 Å². The van der Waals surface area contributed by atoms with Gasteiger partial charge in [0.25, 0.3) is 5.91 Å². The first-order valence-electron chi connectivity index (χ1n) is 14.5. The molecule has 2 aromatic carbocycles. The van der Waals surface area contributed by atoms with Gasteiger partial charge in [0.15, 0.2) is 5.69 Å². The van der Waals surface area contributed by atoms with Gasteiger partial charge in [-0.3, -0.25) is 15.2 Å². The number of alkyl halides is 3. The van der Waals surface area contributed by atoms with Gasteiger partial charge in [-0.2, -0.15) is 18.3 Å². The highest BCUT2D eigenvalue weighted by Crippen LogP contribution is 2.40. The van der Waals surface area contributed by atoms with Gasteiger partial charge < -0.3 is 21.1 Å². The maximum atomic E-state index is 15.1. The number of aromatic nitrogens is 3. The lowest BCUT2D eigenvalue weighted by Crippen LogP contribution is -2.38. The molecule has 2 amide bonds. The third-order valence-electron chi connectivity index (χ3n) is 7.65. The molecule has 2 heterocycles. The van der Waals surface area contributed by atoms with Crippen molar-refractivity contribution in [3.8, 4) is 5.69 Å². The van der Waals surface area contributed by atoms with E-state index < -0.39 is 46.8 Å². The Bertz CT molecular complexity index is 1760. The molecule has 1 aliphatic rings. The monoisotopic (exact) mass is 637 g/mol. The van der Waals surface area contributed by atoms with E-state index in [0.717, 1.165) is 30.0 Å². The van der Waals surface area contributed by atoms with Gasteiger partial charge in [-0.15, -0.1) is 0 Å². The Balaban J connectivity index is 1.48. The van der Waals surface area contributed by atoms with Gasteiger partial charge in [0.1, 0.15) is 11.5 Å². The molecule has 0 saturated heterocycles. The normalized spacial score (nSPS) is 14.3. The number of carbonyl (C=O) groups excluding carboxylic acids is 2. The fourth-order valence-corrected chi connectivity index (χ4v) is 4.99. The zero-order chi connectivity index (χ0) is 33.1. The highest BCUT2D eigenvalue weighted by Gasteiger charge is 2.37. The van der Waals surface area contributed by atoms with Crippen molar-refractivity contribution in [2.75, 3.05) is 11.9 Å². The summed E-state index contributed by atoms with van der Waals surface area (Å²) in [6, 6.07) is 13.5. The number of hydrogen-bond acceptors (Lipinski definition) is 7. The molecule has 1 unspecified atom stereocenters. The molecule has 1 aliphatic carbocycles. The molecule has 1 fully saturated rings. The van der Waals surface area contributed by atoms with Crippen molar-refractivity contribution < 1.29 is 31.9 Å². The van der Waals surface area contributed by atoms with Crippen molar-refractivity contribution in [2.45, 2.75) is 44.3 Å². The molecule has 2 aromatic heterocycles. The van der Waals surface area contributed by atoms with Gasteiger partial charge in [-0.1, -0.05) is 31.0 Å². The molecular formula is C32H31F4N7O3. The van der Waals surface area contributed by atoms with Crippen LogP contribution in [0.25, 0.3) is 5.69 Å². The van der Waals surface area contributed by atoms with Gasteiger partial charge in [-0.25, -0.2) is 13.9 Å². The minimum absolute atomic E-state index is 0.0267. The second-order valence-corrected chi connectivity index (χ2v) is 11.0. The number of nitrogens with two attached hydrogens (primary N) is 1. The number of pyridine rings is 1. The van der Waals surface area contributed by atoms with E-state index in [2.05, 4.69) is 20.7 Å². The van der Waals surface area contributed by atoms with E-state index in [-0.39, 0.29) is 23.5 Å². The molecule has 1 atom stereocenters. The van der Waals surface area contributed by atoms with Crippen LogP contribution in [0.2, 0.25) is 0 Å². The van der Waals surface area contributed by atoms with Gasteiger partial charge in [0.2, 0.25) is 5.90 Å². The molecule has 14 heteroatoms. The Hall–Kier alpha value is -5.11. The second-order valence-electron chi connectivity index (χ2n) is 11.0. The second kappa shape index (κ2) is 13.1. The number of halogens is 4. The number of carbonyl (C=O) groups is 2. The summed E-state index contributed by atoms with van der Waals surface area (Å²) in [5.41, 5.74) is 4.80. The van der Waals surface area contributed by atoms with Crippen LogP contribution in [0, 0.1) is 17.1 Å². The van der Waals surface area contributed by atoms with Crippen molar-refractivity contribution >= 4 is 23.6 Å². The number of rotatable bonds is 10. The number of hydrogen-bond donors (Lipinski definition) is 4. The molecule has 240 valence electrons. The maximum Gasteiger partial charge on any atom is 0.435 e. The van der Waals surface area contributed by atoms with Crippen LogP contribution in [0.4, 0.5) is 28.0 Å². The molecule has 1 saturated carbocycles. The molecule has 0 bridgehead atoms. The van der Waals surface area contributed by atoms with E-state index in [1.165, 1.54) is 36.4 Å². The zero-order valence-corrected chi connectivity index (χ0v) is 24.7. The number of ether oxygens (including phenoxy) is 1. The van der Waals surface area contributed by atoms with Crippen LogP contribution in [0.5, 0.6) is 0 Å². The molecule has 5 rings (SSSR count). The van der Waals surface area contributed by atoms with Crippen molar-refractivity contribution in [2.24, 2.45) is 11.7 Å². The summed E-state index contributed by atoms with van der Waals surface area (Å²) in [7, 11) is 0. The minimum atomic E-state index is -4.92. The highest BCUT2D eigenvalue weighted by molar-refractivity contribution is 6.04. The molecule has 46 heavy (non-hydrogen) atoms. The first kappa shape index (κ1) is 32.3. The predicted octanol–water partition coefficient (Wildman–Crippen LogP) is 6.14. The average molecular weight is 638 g/mol. The third kappa shape index (κ3) is 7.23. The number of alkyl carbamates (subject to hydrolysis) is 1. The number of amides is 2.